The van der Waals surface area contributed by atoms with Crippen LogP contribution >= 0.6 is 0 Å². The van der Waals surface area contributed by atoms with E-state index >= 15 is 0 Å². The van der Waals surface area contributed by atoms with Crippen LogP contribution in [0.3, 0.4) is 0 Å². The molecule has 0 atom stereocenters. The van der Waals surface area contributed by atoms with E-state index in [9.17, 15) is 4.79 Å². The molecular formula is C22H29NO3. The van der Waals surface area contributed by atoms with Gasteiger partial charge in [0.05, 0.1) is 6.61 Å². The second kappa shape index (κ2) is 10.5. The SMILES string of the molecule is CCCCCCOc1ccc(NC(=O)COc2cc(C)ccc2C)cc1. The second-order valence-corrected chi connectivity index (χ2v) is 6.54. The van der Waals surface area contributed by atoms with Crippen molar-refractivity contribution in [2.75, 3.05) is 18.5 Å². The summed E-state index contributed by atoms with van der Waals surface area (Å²) in [4.78, 5) is 12.1. The number of carbonyl (C=O) groups is 1. The van der Waals surface area contributed by atoms with Gasteiger partial charge in [0.25, 0.3) is 5.91 Å². The average molecular weight is 355 g/mol. The topological polar surface area (TPSA) is 47.6 Å². The molecule has 0 saturated heterocycles. The van der Waals surface area contributed by atoms with Gasteiger partial charge in [-0.2, -0.15) is 0 Å². The first kappa shape index (κ1) is 19.8. The minimum absolute atomic E-state index is 0.0139. The number of aryl methyl sites for hydroxylation is 2. The number of hydrogen-bond acceptors (Lipinski definition) is 3. The molecule has 26 heavy (non-hydrogen) atoms. The molecule has 4 heteroatoms. The molecule has 0 fully saturated rings. The molecule has 0 heterocycles. The predicted molar refractivity (Wildman–Crippen MR) is 106 cm³/mol. The van der Waals surface area contributed by atoms with E-state index in [-0.39, 0.29) is 12.5 Å². The second-order valence-electron chi connectivity index (χ2n) is 6.54. The van der Waals surface area contributed by atoms with Crippen LogP contribution in [0.25, 0.3) is 0 Å². The molecule has 1 N–H and O–H groups in total. The molecule has 4 nitrogen and oxygen atoms in total. The van der Waals surface area contributed by atoms with Crippen molar-refractivity contribution in [3.63, 3.8) is 0 Å². The highest BCUT2D eigenvalue weighted by Gasteiger charge is 2.06. The number of carbonyl (C=O) groups excluding carboxylic acids is 1. The minimum atomic E-state index is -0.181. The van der Waals surface area contributed by atoms with Gasteiger partial charge in [0, 0.05) is 5.69 Å². The van der Waals surface area contributed by atoms with E-state index in [0.717, 1.165) is 41.3 Å². The Morgan fingerprint density at radius 1 is 0.962 bits per heavy atom. The number of benzene rings is 2. The fourth-order valence-electron chi connectivity index (χ4n) is 2.56. The standard InChI is InChI=1S/C22H29NO3/c1-4-5-6-7-14-25-20-12-10-19(11-13-20)23-22(24)16-26-21-15-17(2)8-9-18(21)3/h8-13,15H,4-7,14,16H2,1-3H3,(H,23,24). The Morgan fingerprint density at radius 3 is 2.46 bits per heavy atom. The molecule has 2 aromatic rings. The summed E-state index contributed by atoms with van der Waals surface area (Å²) in [5.41, 5.74) is 2.86. The highest BCUT2D eigenvalue weighted by molar-refractivity contribution is 5.91. The molecule has 0 saturated carbocycles. The Balaban J connectivity index is 1.75. The van der Waals surface area contributed by atoms with E-state index in [1.807, 2.05) is 56.3 Å². The Morgan fingerprint density at radius 2 is 1.73 bits per heavy atom. The lowest BCUT2D eigenvalue weighted by molar-refractivity contribution is -0.118. The van der Waals surface area contributed by atoms with Crippen LogP contribution in [0.4, 0.5) is 5.69 Å². The smallest absolute Gasteiger partial charge is 0.262 e. The number of ether oxygens (including phenoxy) is 2. The van der Waals surface area contributed by atoms with Crippen molar-refractivity contribution in [3.05, 3.63) is 53.6 Å². The monoisotopic (exact) mass is 355 g/mol. The third-order valence-corrected chi connectivity index (χ3v) is 4.11. The maximum absolute atomic E-state index is 12.1. The third-order valence-electron chi connectivity index (χ3n) is 4.11. The summed E-state index contributed by atoms with van der Waals surface area (Å²) < 4.78 is 11.3. The first-order valence-corrected chi connectivity index (χ1v) is 9.31. The highest BCUT2D eigenvalue weighted by Crippen LogP contribution is 2.19. The number of amides is 1. The van der Waals surface area contributed by atoms with Crippen molar-refractivity contribution in [1.29, 1.82) is 0 Å². The fraction of sp³-hybridized carbons (Fsp3) is 0.409. The minimum Gasteiger partial charge on any atom is -0.494 e. The van der Waals surface area contributed by atoms with Gasteiger partial charge in [-0.1, -0.05) is 38.3 Å². The van der Waals surface area contributed by atoms with Crippen LogP contribution in [-0.4, -0.2) is 19.1 Å². The van der Waals surface area contributed by atoms with Crippen molar-refractivity contribution in [3.8, 4) is 11.5 Å². The van der Waals surface area contributed by atoms with Gasteiger partial charge in [-0.15, -0.1) is 0 Å². The van der Waals surface area contributed by atoms with Crippen LogP contribution < -0.4 is 14.8 Å². The highest BCUT2D eigenvalue weighted by atomic mass is 16.5. The molecule has 2 rings (SSSR count). The number of unbranched alkanes of at least 4 members (excludes halogenated alkanes) is 3. The molecule has 2 aromatic carbocycles. The van der Waals surface area contributed by atoms with E-state index in [1.165, 1.54) is 19.3 Å². The summed E-state index contributed by atoms with van der Waals surface area (Å²) in [6, 6.07) is 13.4. The maximum atomic E-state index is 12.1. The molecule has 1 amide bonds. The van der Waals surface area contributed by atoms with E-state index in [2.05, 4.69) is 12.2 Å². The van der Waals surface area contributed by atoms with Gasteiger partial charge in [0.1, 0.15) is 11.5 Å². The molecular weight excluding hydrogens is 326 g/mol. The van der Waals surface area contributed by atoms with Crippen molar-refractivity contribution >= 4 is 11.6 Å². The van der Waals surface area contributed by atoms with Crippen LogP contribution in [-0.2, 0) is 4.79 Å². The molecule has 0 aromatic heterocycles. The van der Waals surface area contributed by atoms with Gasteiger partial charge in [0.2, 0.25) is 0 Å². The molecule has 0 unspecified atom stereocenters. The summed E-state index contributed by atoms with van der Waals surface area (Å²) in [6.45, 7) is 6.88. The molecule has 0 aliphatic rings. The zero-order chi connectivity index (χ0) is 18.8. The van der Waals surface area contributed by atoms with E-state index in [1.54, 1.807) is 0 Å². The van der Waals surface area contributed by atoms with Crippen molar-refractivity contribution < 1.29 is 14.3 Å². The molecule has 0 aliphatic carbocycles. The number of rotatable bonds is 10. The fourth-order valence-corrected chi connectivity index (χ4v) is 2.56. The Kier molecular flexibility index (Phi) is 8.00. The zero-order valence-corrected chi connectivity index (χ0v) is 16.0. The van der Waals surface area contributed by atoms with Crippen molar-refractivity contribution in [1.82, 2.24) is 0 Å². The summed E-state index contributed by atoms with van der Waals surface area (Å²) in [7, 11) is 0. The Bertz CT molecular complexity index is 695. The lowest BCUT2D eigenvalue weighted by Gasteiger charge is -2.11. The summed E-state index contributed by atoms with van der Waals surface area (Å²) in [6.07, 6.45) is 4.74. The zero-order valence-electron chi connectivity index (χ0n) is 16.0. The largest absolute Gasteiger partial charge is 0.494 e. The summed E-state index contributed by atoms with van der Waals surface area (Å²) in [5, 5.41) is 2.84. The van der Waals surface area contributed by atoms with Gasteiger partial charge < -0.3 is 14.8 Å². The van der Waals surface area contributed by atoms with Gasteiger partial charge in [-0.3, -0.25) is 4.79 Å². The number of anilines is 1. The quantitative estimate of drug-likeness (QED) is 0.590. The lowest BCUT2D eigenvalue weighted by atomic mass is 10.1. The summed E-state index contributed by atoms with van der Waals surface area (Å²) in [5.74, 6) is 1.39. The Labute approximate surface area is 156 Å². The Hall–Kier alpha value is -2.49. The molecule has 0 spiro atoms. The first-order valence-electron chi connectivity index (χ1n) is 9.31. The summed E-state index contributed by atoms with van der Waals surface area (Å²) >= 11 is 0. The van der Waals surface area contributed by atoms with Crippen LogP contribution in [0.2, 0.25) is 0 Å². The number of nitrogens with one attached hydrogen (secondary N) is 1. The van der Waals surface area contributed by atoms with E-state index in [4.69, 9.17) is 9.47 Å². The molecule has 0 aliphatic heterocycles. The van der Waals surface area contributed by atoms with E-state index < -0.39 is 0 Å². The lowest BCUT2D eigenvalue weighted by Crippen LogP contribution is -2.20. The third kappa shape index (κ3) is 6.79. The van der Waals surface area contributed by atoms with Gasteiger partial charge in [-0.25, -0.2) is 0 Å². The first-order chi connectivity index (χ1) is 12.6. The maximum Gasteiger partial charge on any atom is 0.262 e. The van der Waals surface area contributed by atoms with Gasteiger partial charge in [0.15, 0.2) is 6.61 Å². The van der Waals surface area contributed by atoms with Crippen LogP contribution in [0.5, 0.6) is 11.5 Å². The van der Waals surface area contributed by atoms with Crippen LogP contribution in [0, 0.1) is 13.8 Å². The molecule has 140 valence electrons. The van der Waals surface area contributed by atoms with Crippen molar-refractivity contribution in [2.45, 2.75) is 46.5 Å². The van der Waals surface area contributed by atoms with Crippen molar-refractivity contribution in [2.24, 2.45) is 0 Å². The molecule has 0 radical (unpaired) electrons. The van der Waals surface area contributed by atoms with Crippen LogP contribution in [0.15, 0.2) is 42.5 Å². The number of hydrogen-bond donors (Lipinski definition) is 1. The molecule has 0 bridgehead atoms. The van der Waals surface area contributed by atoms with E-state index in [0.29, 0.717) is 0 Å². The average Bonchev–Trinajstić information content (AvgIpc) is 2.63. The van der Waals surface area contributed by atoms with Crippen LogP contribution in [0.1, 0.15) is 43.7 Å². The predicted octanol–water partition coefficient (Wildman–Crippen LogP) is 5.28. The van der Waals surface area contributed by atoms with Gasteiger partial charge in [-0.05, 0) is 61.7 Å². The normalized spacial score (nSPS) is 10.4. The van der Waals surface area contributed by atoms with Gasteiger partial charge >= 0.3 is 0 Å².